The summed E-state index contributed by atoms with van der Waals surface area (Å²) in [6, 6.07) is 14.2. The maximum absolute atomic E-state index is 13.3. The van der Waals surface area contributed by atoms with Crippen LogP contribution in [0.1, 0.15) is 18.1 Å². The lowest BCUT2D eigenvalue weighted by molar-refractivity contribution is -0.153. The van der Waals surface area contributed by atoms with Gasteiger partial charge >= 0.3 is 0 Å². The normalized spacial score (nSPS) is 19.6. The number of piperazine rings is 1. The van der Waals surface area contributed by atoms with E-state index in [-0.39, 0.29) is 26.2 Å². The van der Waals surface area contributed by atoms with Gasteiger partial charge in [-0.2, -0.15) is 4.31 Å². The number of methoxy groups -OCH3 is 1. The molecule has 1 atom stereocenters. The van der Waals surface area contributed by atoms with Crippen LogP contribution in [0, 0.1) is 0 Å². The second kappa shape index (κ2) is 9.48. The average Bonchev–Trinajstić information content (AvgIpc) is 2.75. The average molecular weight is 480 g/mol. The number of sulfonamides is 1. The third-order valence-electron chi connectivity index (χ3n) is 5.49. The van der Waals surface area contributed by atoms with Crippen molar-refractivity contribution in [2.24, 2.45) is 0 Å². The van der Waals surface area contributed by atoms with E-state index in [4.69, 9.17) is 16.3 Å². The fraction of sp³-hybridized carbons (Fsp3) is 0.364. The number of carbonyl (C=O) groups excluding carboxylic acids is 2. The van der Waals surface area contributed by atoms with Gasteiger partial charge in [-0.15, -0.1) is 0 Å². The summed E-state index contributed by atoms with van der Waals surface area (Å²) in [5.41, 5.74) is 0.184. The third kappa shape index (κ3) is 5.40. The molecule has 0 aliphatic carbocycles. The molecule has 10 heteroatoms. The summed E-state index contributed by atoms with van der Waals surface area (Å²) in [6.45, 7) is 1.47. The van der Waals surface area contributed by atoms with E-state index >= 15 is 0 Å². The molecule has 1 heterocycles. The minimum absolute atomic E-state index is 0.137. The van der Waals surface area contributed by atoms with Crippen molar-refractivity contribution in [3.8, 4) is 5.75 Å². The van der Waals surface area contributed by atoms with Gasteiger partial charge in [0.05, 0.1) is 19.9 Å². The smallest absolute Gasteiger partial charge is 0.247 e. The van der Waals surface area contributed by atoms with Crippen LogP contribution in [0.15, 0.2) is 48.5 Å². The minimum atomic E-state index is -3.67. The van der Waals surface area contributed by atoms with Gasteiger partial charge in [0, 0.05) is 24.7 Å². The summed E-state index contributed by atoms with van der Waals surface area (Å²) >= 11 is 5.91. The Morgan fingerprint density at radius 1 is 1.19 bits per heavy atom. The molecule has 1 fully saturated rings. The second-order valence-electron chi connectivity index (χ2n) is 7.95. The predicted molar refractivity (Wildman–Crippen MR) is 122 cm³/mol. The van der Waals surface area contributed by atoms with Gasteiger partial charge in [0.2, 0.25) is 21.8 Å². The number of nitrogens with zero attached hydrogens (tertiary/aromatic N) is 2. The molecule has 172 valence electrons. The Morgan fingerprint density at radius 2 is 1.88 bits per heavy atom. The van der Waals surface area contributed by atoms with Crippen LogP contribution < -0.4 is 10.1 Å². The molecule has 1 saturated heterocycles. The highest BCUT2D eigenvalue weighted by atomic mass is 35.5. The van der Waals surface area contributed by atoms with E-state index in [1.165, 1.54) is 4.90 Å². The maximum Gasteiger partial charge on any atom is 0.247 e. The zero-order valence-electron chi connectivity index (χ0n) is 18.2. The number of ether oxygens (including phenoxy) is 1. The van der Waals surface area contributed by atoms with Crippen LogP contribution in [0.4, 0.5) is 0 Å². The molecule has 32 heavy (non-hydrogen) atoms. The Kier molecular flexibility index (Phi) is 7.12. The molecule has 1 unspecified atom stereocenters. The standard InChI is InChI=1S/C22H26ClN3O5S/c1-22(21(28)24-12-16-7-9-18(23)10-8-16)15-25(32(3,29)30)14-20(27)26(22)13-17-5-4-6-19(11-17)31-2/h4-11H,12-15H2,1-3H3,(H,24,28). The molecule has 1 N–H and O–H groups in total. The SMILES string of the molecule is COc1cccc(CN2C(=O)CN(S(C)(=O)=O)CC2(C)C(=O)NCc2ccc(Cl)cc2)c1. The van der Waals surface area contributed by atoms with E-state index in [2.05, 4.69) is 5.32 Å². The Hall–Kier alpha value is -2.62. The number of rotatable bonds is 7. The number of halogens is 1. The van der Waals surface area contributed by atoms with Crippen molar-refractivity contribution in [2.45, 2.75) is 25.6 Å². The van der Waals surface area contributed by atoms with E-state index in [1.807, 2.05) is 6.07 Å². The van der Waals surface area contributed by atoms with Crippen molar-refractivity contribution in [2.75, 3.05) is 26.5 Å². The highest BCUT2D eigenvalue weighted by molar-refractivity contribution is 7.88. The molecule has 1 aliphatic heterocycles. The summed E-state index contributed by atoms with van der Waals surface area (Å²) in [6.07, 6.45) is 1.03. The van der Waals surface area contributed by atoms with Gasteiger partial charge in [-0.1, -0.05) is 35.9 Å². The van der Waals surface area contributed by atoms with Gasteiger partial charge in [-0.25, -0.2) is 8.42 Å². The van der Waals surface area contributed by atoms with E-state index in [9.17, 15) is 18.0 Å². The van der Waals surface area contributed by atoms with E-state index in [0.29, 0.717) is 10.8 Å². The number of carbonyl (C=O) groups is 2. The van der Waals surface area contributed by atoms with Crippen LogP contribution in [0.3, 0.4) is 0 Å². The van der Waals surface area contributed by atoms with E-state index in [0.717, 1.165) is 21.7 Å². The van der Waals surface area contributed by atoms with Crippen LogP contribution in [-0.4, -0.2) is 61.4 Å². The molecular formula is C22H26ClN3O5S. The topological polar surface area (TPSA) is 96.0 Å². The Bertz CT molecular complexity index is 1110. The van der Waals surface area contributed by atoms with Crippen LogP contribution in [0.5, 0.6) is 5.75 Å². The number of amides is 2. The number of hydrogen-bond acceptors (Lipinski definition) is 5. The number of benzene rings is 2. The van der Waals surface area contributed by atoms with Gasteiger partial charge in [0.1, 0.15) is 11.3 Å². The lowest BCUT2D eigenvalue weighted by Gasteiger charge is -2.46. The number of nitrogens with one attached hydrogen (secondary N) is 1. The Balaban J connectivity index is 1.88. The lowest BCUT2D eigenvalue weighted by atomic mass is 9.94. The van der Waals surface area contributed by atoms with Crippen molar-refractivity contribution in [1.82, 2.24) is 14.5 Å². The molecule has 2 aromatic rings. The molecule has 0 saturated carbocycles. The summed E-state index contributed by atoms with van der Waals surface area (Å²) in [5.74, 6) is -0.274. The first-order valence-corrected chi connectivity index (χ1v) is 12.2. The van der Waals surface area contributed by atoms with Crippen LogP contribution >= 0.6 is 11.6 Å². The molecule has 1 aliphatic rings. The first-order chi connectivity index (χ1) is 15.0. The van der Waals surface area contributed by atoms with Crippen molar-refractivity contribution in [3.05, 3.63) is 64.7 Å². The summed E-state index contributed by atoms with van der Waals surface area (Å²) in [5, 5.41) is 3.42. The second-order valence-corrected chi connectivity index (χ2v) is 10.4. The van der Waals surface area contributed by atoms with E-state index in [1.54, 1.807) is 56.5 Å². The van der Waals surface area contributed by atoms with Crippen LogP contribution in [-0.2, 0) is 32.7 Å². The van der Waals surface area contributed by atoms with E-state index < -0.39 is 27.4 Å². The fourth-order valence-electron chi connectivity index (χ4n) is 3.62. The predicted octanol–water partition coefficient (Wildman–Crippen LogP) is 2.03. The summed E-state index contributed by atoms with van der Waals surface area (Å²) < 4.78 is 30.7. The van der Waals surface area contributed by atoms with Gasteiger partial charge in [0.25, 0.3) is 0 Å². The Labute approximate surface area is 193 Å². The van der Waals surface area contributed by atoms with Gasteiger partial charge < -0.3 is 15.0 Å². The number of hydrogen-bond donors (Lipinski definition) is 1. The summed E-state index contributed by atoms with van der Waals surface area (Å²) in [4.78, 5) is 27.8. The van der Waals surface area contributed by atoms with Gasteiger partial charge in [0.15, 0.2) is 0 Å². The quantitative estimate of drug-likeness (QED) is 0.655. The molecule has 2 amide bonds. The van der Waals surface area contributed by atoms with Crippen LogP contribution in [0.2, 0.25) is 5.02 Å². The van der Waals surface area contributed by atoms with Gasteiger partial charge in [-0.05, 0) is 42.3 Å². The molecule has 0 radical (unpaired) electrons. The molecule has 0 aromatic heterocycles. The minimum Gasteiger partial charge on any atom is -0.497 e. The zero-order chi connectivity index (χ0) is 23.5. The molecule has 2 aromatic carbocycles. The molecule has 3 rings (SSSR count). The van der Waals surface area contributed by atoms with Crippen molar-refractivity contribution < 1.29 is 22.7 Å². The first kappa shape index (κ1) is 24.0. The van der Waals surface area contributed by atoms with Crippen LogP contribution in [0.25, 0.3) is 0 Å². The van der Waals surface area contributed by atoms with Crippen molar-refractivity contribution >= 4 is 33.4 Å². The van der Waals surface area contributed by atoms with Crippen molar-refractivity contribution in [3.63, 3.8) is 0 Å². The first-order valence-electron chi connectivity index (χ1n) is 9.94. The lowest BCUT2D eigenvalue weighted by Crippen LogP contribution is -2.69. The third-order valence-corrected chi connectivity index (χ3v) is 6.94. The molecule has 0 bridgehead atoms. The van der Waals surface area contributed by atoms with Gasteiger partial charge in [-0.3, -0.25) is 9.59 Å². The highest BCUT2D eigenvalue weighted by Crippen LogP contribution is 2.28. The van der Waals surface area contributed by atoms with Crippen molar-refractivity contribution in [1.29, 1.82) is 0 Å². The zero-order valence-corrected chi connectivity index (χ0v) is 19.7. The largest absolute Gasteiger partial charge is 0.497 e. The monoisotopic (exact) mass is 479 g/mol. The summed E-state index contributed by atoms with van der Waals surface area (Å²) in [7, 11) is -2.13. The Morgan fingerprint density at radius 3 is 2.50 bits per heavy atom. The molecule has 0 spiro atoms. The fourth-order valence-corrected chi connectivity index (χ4v) is 4.57. The molecular weight excluding hydrogens is 454 g/mol. The molecule has 8 nitrogen and oxygen atoms in total. The highest BCUT2D eigenvalue weighted by Gasteiger charge is 2.49. The maximum atomic E-state index is 13.3.